The fourth-order valence-electron chi connectivity index (χ4n) is 2.91. The smallest absolute Gasteiger partial charge is 0.220 e. The van der Waals surface area contributed by atoms with Gasteiger partial charge in [0.1, 0.15) is 5.75 Å². The SMILES string of the molecule is [2H]C1CC(=O)NC2CCc3cc(OC)ccc3C12. The summed E-state index contributed by atoms with van der Waals surface area (Å²) in [6, 6.07) is 6.21. The lowest BCUT2D eigenvalue weighted by Gasteiger charge is -2.37. The van der Waals surface area contributed by atoms with Crippen LogP contribution in [0.5, 0.6) is 5.75 Å². The first-order chi connectivity index (χ1) is 8.69. The molecule has 1 aromatic rings. The minimum Gasteiger partial charge on any atom is -0.497 e. The number of methoxy groups -OCH3 is 1. The Labute approximate surface area is 103 Å². The number of benzene rings is 1. The molecule has 1 N–H and O–H groups in total. The van der Waals surface area contributed by atoms with Gasteiger partial charge in [-0.1, -0.05) is 6.07 Å². The Morgan fingerprint density at radius 3 is 3.18 bits per heavy atom. The van der Waals surface area contributed by atoms with Gasteiger partial charge in [0.25, 0.3) is 0 Å². The Morgan fingerprint density at radius 2 is 2.35 bits per heavy atom. The summed E-state index contributed by atoms with van der Waals surface area (Å²) in [4.78, 5) is 11.5. The lowest BCUT2D eigenvalue weighted by Crippen LogP contribution is -2.45. The van der Waals surface area contributed by atoms with E-state index in [2.05, 4.69) is 17.4 Å². The van der Waals surface area contributed by atoms with Gasteiger partial charge in [-0.15, -0.1) is 0 Å². The van der Waals surface area contributed by atoms with E-state index in [-0.39, 0.29) is 24.3 Å². The van der Waals surface area contributed by atoms with Crippen molar-refractivity contribution in [2.75, 3.05) is 7.11 Å². The molecule has 3 unspecified atom stereocenters. The van der Waals surface area contributed by atoms with Gasteiger partial charge in [-0.2, -0.15) is 0 Å². The van der Waals surface area contributed by atoms with Crippen LogP contribution >= 0.6 is 0 Å². The summed E-state index contributed by atoms with van der Waals surface area (Å²) in [6.45, 7) is 0. The number of fused-ring (bicyclic) bond motifs is 3. The number of rotatable bonds is 1. The molecule has 0 spiro atoms. The van der Waals surface area contributed by atoms with Gasteiger partial charge in [0.15, 0.2) is 0 Å². The summed E-state index contributed by atoms with van der Waals surface area (Å²) in [6.07, 6.45) is 1.86. The molecule has 1 heterocycles. The zero-order valence-corrected chi connectivity index (χ0v) is 9.90. The van der Waals surface area contributed by atoms with E-state index in [0.717, 1.165) is 18.6 Å². The van der Waals surface area contributed by atoms with Gasteiger partial charge < -0.3 is 10.1 Å². The molecule has 3 heteroatoms. The van der Waals surface area contributed by atoms with Crippen molar-refractivity contribution in [2.24, 2.45) is 0 Å². The first kappa shape index (κ1) is 9.51. The van der Waals surface area contributed by atoms with E-state index in [4.69, 9.17) is 6.11 Å². The third-order valence-electron chi connectivity index (χ3n) is 3.77. The quantitative estimate of drug-likeness (QED) is 0.804. The topological polar surface area (TPSA) is 38.3 Å². The number of carbonyl (C=O) groups is 1. The second kappa shape index (κ2) is 4.06. The van der Waals surface area contributed by atoms with Crippen LogP contribution in [0.15, 0.2) is 18.2 Å². The molecule has 1 fully saturated rings. The van der Waals surface area contributed by atoms with Crippen LogP contribution in [0, 0.1) is 0 Å². The molecule has 3 nitrogen and oxygen atoms in total. The van der Waals surface area contributed by atoms with E-state index in [1.165, 1.54) is 11.1 Å². The summed E-state index contributed by atoms with van der Waals surface area (Å²) in [7, 11) is 1.67. The molecular formula is C14H17NO2. The monoisotopic (exact) mass is 232 g/mol. The van der Waals surface area contributed by atoms with E-state index < -0.39 is 0 Å². The minimum atomic E-state index is -0.323. The number of hydrogen-bond acceptors (Lipinski definition) is 2. The Balaban J connectivity index is 1.99. The highest BCUT2D eigenvalue weighted by molar-refractivity contribution is 5.77. The highest BCUT2D eigenvalue weighted by Gasteiger charge is 2.34. The summed E-state index contributed by atoms with van der Waals surface area (Å²) in [5.74, 6) is 1.03. The molecule has 0 bridgehead atoms. The first-order valence-electron chi connectivity index (χ1n) is 6.65. The second-order valence-corrected chi connectivity index (χ2v) is 4.74. The Bertz CT molecular complexity index is 489. The third kappa shape index (κ3) is 1.79. The van der Waals surface area contributed by atoms with Crippen LogP contribution in [0.1, 0.15) is 37.7 Å². The van der Waals surface area contributed by atoms with Gasteiger partial charge >= 0.3 is 0 Å². The van der Waals surface area contributed by atoms with Crippen molar-refractivity contribution >= 4 is 5.91 Å². The molecule has 17 heavy (non-hydrogen) atoms. The van der Waals surface area contributed by atoms with Crippen molar-refractivity contribution in [3.63, 3.8) is 0 Å². The second-order valence-electron chi connectivity index (χ2n) is 4.74. The molecular weight excluding hydrogens is 214 g/mol. The van der Waals surface area contributed by atoms with E-state index in [1.54, 1.807) is 7.11 Å². The van der Waals surface area contributed by atoms with Gasteiger partial charge in [-0.05, 0) is 42.5 Å². The number of carbonyl (C=O) groups excluding carboxylic acids is 1. The summed E-state index contributed by atoms with van der Waals surface area (Å²) >= 11 is 0. The van der Waals surface area contributed by atoms with Crippen molar-refractivity contribution in [1.82, 2.24) is 5.32 Å². The van der Waals surface area contributed by atoms with Crippen LogP contribution < -0.4 is 10.1 Å². The molecule has 1 aliphatic carbocycles. The van der Waals surface area contributed by atoms with Crippen molar-refractivity contribution in [1.29, 1.82) is 0 Å². The molecule has 1 amide bonds. The van der Waals surface area contributed by atoms with E-state index >= 15 is 0 Å². The highest BCUT2D eigenvalue weighted by Crippen LogP contribution is 2.38. The molecule has 1 saturated heterocycles. The van der Waals surface area contributed by atoms with Crippen molar-refractivity contribution in [3.8, 4) is 5.75 Å². The lowest BCUT2D eigenvalue weighted by atomic mass is 9.75. The summed E-state index contributed by atoms with van der Waals surface area (Å²) in [5.41, 5.74) is 2.48. The Morgan fingerprint density at radius 1 is 1.47 bits per heavy atom. The van der Waals surface area contributed by atoms with E-state index in [0.29, 0.717) is 6.42 Å². The van der Waals surface area contributed by atoms with Crippen LogP contribution in [-0.2, 0) is 11.2 Å². The summed E-state index contributed by atoms with van der Waals surface area (Å²) in [5, 5.41) is 3.03. The van der Waals surface area contributed by atoms with Gasteiger partial charge in [0.2, 0.25) is 5.91 Å². The van der Waals surface area contributed by atoms with Crippen LogP contribution in [0.2, 0.25) is 0 Å². The fourth-order valence-corrected chi connectivity index (χ4v) is 2.91. The Hall–Kier alpha value is -1.51. The lowest BCUT2D eigenvalue weighted by molar-refractivity contribution is -0.123. The number of hydrogen-bond donors (Lipinski definition) is 1. The maximum Gasteiger partial charge on any atom is 0.220 e. The van der Waals surface area contributed by atoms with Gasteiger partial charge in [-0.3, -0.25) is 4.79 Å². The standard InChI is InChI=1S/C14H17NO2/c1-17-10-3-4-11-9(8-10)2-6-13-12(11)5-7-14(16)15-13/h3-4,8,12-13H,2,5-7H2,1H3,(H,15,16)/i5D. The maximum atomic E-state index is 11.5. The minimum absolute atomic E-state index is 0.0215. The predicted octanol–water partition coefficient (Wildman–Crippen LogP) is 2.00. The van der Waals surface area contributed by atoms with Gasteiger partial charge in [0.05, 0.1) is 7.11 Å². The normalized spacial score (nSPS) is 31.9. The molecule has 0 saturated carbocycles. The number of amides is 1. The first-order valence-corrected chi connectivity index (χ1v) is 6.07. The molecule has 1 aromatic carbocycles. The number of aryl methyl sites for hydroxylation is 1. The van der Waals surface area contributed by atoms with Crippen molar-refractivity contribution in [2.45, 2.75) is 37.6 Å². The fraction of sp³-hybridized carbons (Fsp3) is 0.500. The molecule has 1 aliphatic heterocycles. The molecule has 3 atom stereocenters. The molecule has 0 radical (unpaired) electrons. The predicted molar refractivity (Wildman–Crippen MR) is 65.2 cm³/mol. The molecule has 0 aromatic heterocycles. The van der Waals surface area contributed by atoms with Crippen LogP contribution in [0.4, 0.5) is 0 Å². The zero-order chi connectivity index (χ0) is 12.7. The summed E-state index contributed by atoms with van der Waals surface area (Å²) < 4.78 is 13.4. The largest absolute Gasteiger partial charge is 0.497 e. The van der Waals surface area contributed by atoms with Crippen molar-refractivity contribution < 1.29 is 10.9 Å². The molecule has 2 aliphatic rings. The highest BCUT2D eigenvalue weighted by atomic mass is 16.5. The maximum absolute atomic E-state index is 11.5. The number of ether oxygens (including phenoxy) is 1. The van der Waals surface area contributed by atoms with Crippen LogP contribution in [0.25, 0.3) is 0 Å². The third-order valence-corrected chi connectivity index (χ3v) is 3.77. The van der Waals surface area contributed by atoms with Crippen molar-refractivity contribution in [3.05, 3.63) is 29.3 Å². The average Bonchev–Trinajstić information content (AvgIpc) is 2.37. The number of nitrogens with one attached hydrogen (secondary N) is 1. The zero-order valence-electron chi connectivity index (χ0n) is 10.9. The molecule has 3 rings (SSSR count). The van der Waals surface area contributed by atoms with Gasteiger partial charge in [0, 0.05) is 19.8 Å². The molecule has 90 valence electrons. The van der Waals surface area contributed by atoms with E-state index in [9.17, 15) is 4.79 Å². The number of piperidine rings is 1. The van der Waals surface area contributed by atoms with Gasteiger partial charge in [-0.25, -0.2) is 0 Å². The average molecular weight is 232 g/mol. The Kier molecular flexibility index (Phi) is 2.27. The van der Waals surface area contributed by atoms with E-state index in [1.807, 2.05) is 6.07 Å². The van der Waals surface area contributed by atoms with Crippen LogP contribution in [-0.4, -0.2) is 19.1 Å². The van der Waals surface area contributed by atoms with Crippen LogP contribution in [0.3, 0.4) is 0 Å².